The molecule has 0 amide bonds. The monoisotopic (exact) mass is 331 g/mol. The lowest BCUT2D eigenvalue weighted by molar-refractivity contribution is 0.746. The third-order valence-electron chi connectivity index (χ3n) is 5.68. The molecule has 0 radical (unpaired) electrons. The summed E-state index contributed by atoms with van der Waals surface area (Å²) in [6, 6.07) is 35.4. The highest BCUT2D eigenvalue weighted by atomic mass is 15.0. The van der Waals surface area contributed by atoms with Gasteiger partial charge in [-0.2, -0.15) is 0 Å². The minimum absolute atomic E-state index is 0.215. The third kappa shape index (κ3) is 1.70. The van der Waals surface area contributed by atoms with Crippen molar-refractivity contribution in [2.75, 3.05) is 0 Å². The van der Waals surface area contributed by atoms with Crippen LogP contribution in [0.1, 0.15) is 17.2 Å². The van der Waals surface area contributed by atoms with Crippen molar-refractivity contribution >= 4 is 21.8 Å². The molecule has 0 N–H and O–H groups in total. The zero-order valence-corrected chi connectivity index (χ0v) is 14.3. The molecule has 0 saturated carbocycles. The number of aromatic nitrogens is 1. The van der Waals surface area contributed by atoms with E-state index in [-0.39, 0.29) is 6.04 Å². The Bertz CT molecular complexity index is 1190. The minimum Gasteiger partial charge on any atom is -0.329 e. The molecule has 6 rings (SSSR count). The Morgan fingerprint density at radius 1 is 0.462 bits per heavy atom. The predicted molar refractivity (Wildman–Crippen MR) is 109 cm³/mol. The van der Waals surface area contributed by atoms with Gasteiger partial charge in [0.2, 0.25) is 0 Å². The maximum Gasteiger partial charge on any atom is 0.0857 e. The Morgan fingerprint density at radius 3 is 1.42 bits per heavy atom. The van der Waals surface area contributed by atoms with Gasteiger partial charge in [-0.1, -0.05) is 84.9 Å². The molecular formula is C25H17N. The van der Waals surface area contributed by atoms with Crippen molar-refractivity contribution < 1.29 is 0 Å². The number of para-hydroxylation sites is 2. The van der Waals surface area contributed by atoms with Crippen molar-refractivity contribution in [1.82, 2.24) is 4.57 Å². The summed E-state index contributed by atoms with van der Waals surface area (Å²) < 4.78 is 2.52. The fourth-order valence-electron chi connectivity index (χ4n) is 4.64. The van der Waals surface area contributed by atoms with Crippen LogP contribution in [0, 0.1) is 0 Å². The van der Waals surface area contributed by atoms with Crippen molar-refractivity contribution in [3.63, 3.8) is 0 Å². The van der Waals surface area contributed by atoms with Crippen LogP contribution in [0.25, 0.3) is 32.9 Å². The smallest absolute Gasteiger partial charge is 0.0857 e. The standard InChI is InChI=1S/C25H17N/c1-3-13-21-17(9-1)18-10-2-4-14-22(18)25(21)26-23-15-7-5-11-19(23)20-12-6-8-16-24(20)26/h1-16,25H. The molecule has 5 aromatic rings. The van der Waals surface area contributed by atoms with E-state index in [0.717, 1.165) is 0 Å². The van der Waals surface area contributed by atoms with Gasteiger partial charge in [0.25, 0.3) is 0 Å². The van der Waals surface area contributed by atoms with Gasteiger partial charge < -0.3 is 4.57 Å². The average molecular weight is 331 g/mol. The second-order valence-electron chi connectivity index (χ2n) is 6.98. The summed E-state index contributed by atoms with van der Waals surface area (Å²) in [5, 5.41) is 2.65. The van der Waals surface area contributed by atoms with E-state index in [2.05, 4.69) is 102 Å². The molecule has 0 atom stereocenters. The lowest BCUT2D eigenvalue weighted by Crippen LogP contribution is -2.09. The SMILES string of the molecule is c1ccc2c(c1)-c1ccccc1C2n1c2ccccc2c2ccccc21. The molecule has 122 valence electrons. The van der Waals surface area contributed by atoms with Gasteiger partial charge in [-0.25, -0.2) is 0 Å². The quantitative estimate of drug-likeness (QED) is 0.328. The molecule has 1 aromatic heterocycles. The van der Waals surface area contributed by atoms with Crippen LogP contribution >= 0.6 is 0 Å². The molecule has 0 fully saturated rings. The minimum atomic E-state index is 0.215. The van der Waals surface area contributed by atoms with Crippen molar-refractivity contribution in [1.29, 1.82) is 0 Å². The Labute approximate surface area is 152 Å². The van der Waals surface area contributed by atoms with Crippen molar-refractivity contribution in [2.45, 2.75) is 6.04 Å². The van der Waals surface area contributed by atoms with Crippen molar-refractivity contribution in [2.24, 2.45) is 0 Å². The zero-order chi connectivity index (χ0) is 17.1. The Kier molecular flexibility index (Phi) is 2.72. The molecule has 0 saturated heterocycles. The van der Waals surface area contributed by atoms with Crippen LogP contribution in [-0.4, -0.2) is 4.57 Å². The van der Waals surface area contributed by atoms with E-state index in [1.54, 1.807) is 0 Å². The number of fused-ring (bicyclic) bond motifs is 6. The molecule has 4 aromatic carbocycles. The summed E-state index contributed by atoms with van der Waals surface area (Å²) in [7, 11) is 0. The van der Waals surface area contributed by atoms with Crippen molar-refractivity contribution in [3.05, 3.63) is 108 Å². The number of rotatable bonds is 1. The zero-order valence-electron chi connectivity index (χ0n) is 14.3. The molecule has 0 aliphatic heterocycles. The largest absolute Gasteiger partial charge is 0.329 e. The van der Waals surface area contributed by atoms with Gasteiger partial charge in [0.15, 0.2) is 0 Å². The first-order chi connectivity index (χ1) is 12.9. The second kappa shape index (κ2) is 5.09. The highest BCUT2D eigenvalue weighted by Crippen LogP contribution is 2.48. The van der Waals surface area contributed by atoms with Crippen LogP contribution in [0.2, 0.25) is 0 Å². The van der Waals surface area contributed by atoms with E-state index < -0.39 is 0 Å². The highest BCUT2D eigenvalue weighted by molar-refractivity contribution is 6.08. The molecular weight excluding hydrogens is 314 g/mol. The summed E-state index contributed by atoms with van der Waals surface area (Å²) in [6.07, 6.45) is 0. The lowest BCUT2D eigenvalue weighted by Gasteiger charge is -2.19. The normalized spacial score (nSPS) is 13.2. The van der Waals surface area contributed by atoms with E-state index in [4.69, 9.17) is 0 Å². The highest BCUT2D eigenvalue weighted by Gasteiger charge is 2.31. The van der Waals surface area contributed by atoms with Crippen LogP contribution in [0.5, 0.6) is 0 Å². The molecule has 26 heavy (non-hydrogen) atoms. The summed E-state index contributed by atoms with van der Waals surface area (Å²) >= 11 is 0. The van der Waals surface area contributed by atoms with E-state index in [1.165, 1.54) is 44.1 Å². The Hall–Kier alpha value is -3.32. The number of benzene rings is 4. The van der Waals surface area contributed by atoms with Gasteiger partial charge in [0.05, 0.1) is 6.04 Å². The first-order valence-corrected chi connectivity index (χ1v) is 9.09. The van der Waals surface area contributed by atoms with Gasteiger partial charge in [0, 0.05) is 21.8 Å². The first-order valence-electron chi connectivity index (χ1n) is 9.09. The Balaban J connectivity index is 1.79. The molecule has 1 heterocycles. The molecule has 0 bridgehead atoms. The first kappa shape index (κ1) is 13.9. The summed E-state index contributed by atoms with van der Waals surface area (Å²) in [6.45, 7) is 0. The van der Waals surface area contributed by atoms with Gasteiger partial charge in [-0.15, -0.1) is 0 Å². The summed E-state index contributed by atoms with van der Waals surface area (Å²) in [5.74, 6) is 0. The van der Waals surface area contributed by atoms with Crippen LogP contribution < -0.4 is 0 Å². The van der Waals surface area contributed by atoms with Crippen LogP contribution in [0.15, 0.2) is 97.1 Å². The van der Waals surface area contributed by atoms with Crippen LogP contribution in [0.4, 0.5) is 0 Å². The molecule has 1 aliphatic rings. The predicted octanol–water partition coefficient (Wildman–Crippen LogP) is 6.41. The topological polar surface area (TPSA) is 4.93 Å². The maximum atomic E-state index is 2.52. The summed E-state index contributed by atoms with van der Waals surface area (Å²) in [5.41, 5.74) is 8.08. The molecule has 1 aliphatic carbocycles. The van der Waals surface area contributed by atoms with Gasteiger partial charge in [0.1, 0.15) is 0 Å². The van der Waals surface area contributed by atoms with Gasteiger partial charge in [-0.3, -0.25) is 0 Å². The van der Waals surface area contributed by atoms with E-state index in [0.29, 0.717) is 0 Å². The number of hydrogen-bond donors (Lipinski definition) is 0. The molecule has 1 nitrogen and oxygen atoms in total. The molecule has 0 unspecified atom stereocenters. The lowest BCUT2D eigenvalue weighted by atomic mass is 10.0. The van der Waals surface area contributed by atoms with Crippen LogP contribution in [0.3, 0.4) is 0 Å². The maximum absolute atomic E-state index is 2.52. The van der Waals surface area contributed by atoms with Crippen LogP contribution in [-0.2, 0) is 0 Å². The van der Waals surface area contributed by atoms with Gasteiger partial charge in [-0.05, 0) is 34.4 Å². The Morgan fingerprint density at radius 2 is 0.885 bits per heavy atom. The van der Waals surface area contributed by atoms with Gasteiger partial charge >= 0.3 is 0 Å². The fraction of sp³-hybridized carbons (Fsp3) is 0.0400. The summed E-state index contributed by atoms with van der Waals surface area (Å²) in [4.78, 5) is 0. The number of nitrogens with zero attached hydrogens (tertiary/aromatic N) is 1. The third-order valence-corrected chi connectivity index (χ3v) is 5.68. The van der Waals surface area contributed by atoms with E-state index in [9.17, 15) is 0 Å². The van der Waals surface area contributed by atoms with Crippen molar-refractivity contribution in [3.8, 4) is 11.1 Å². The molecule has 1 heteroatoms. The van der Waals surface area contributed by atoms with E-state index >= 15 is 0 Å². The average Bonchev–Trinajstić information content (AvgIpc) is 3.21. The second-order valence-corrected chi connectivity index (χ2v) is 6.98. The fourth-order valence-corrected chi connectivity index (χ4v) is 4.64. The number of hydrogen-bond acceptors (Lipinski definition) is 0. The molecule has 0 spiro atoms. The van der Waals surface area contributed by atoms with E-state index in [1.807, 2.05) is 0 Å².